The molecular formula is C15H20FNO2. The number of rotatable bonds is 3. The summed E-state index contributed by atoms with van der Waals surface area (Å²) in [6.45, 7) is 1.83. The van der Waals surface area contributed by atoms with Crippen molar-refractivity contribution < 1.29 is 14.3 Å². The molecule has 0 bridgehead atoms. The molecule has 0 aliphatic heterocycles. The van der Waals surface area contributed by atoms with E-state index < -0.39 is 0 Å². The Morgan fingerprint density at radius 1 is 1.42 bits per heavy atom. The number of benzene rings is 1. The largest absolute Gasteiger partial charge is 0.396 e. The van der Waals surface area contributed by atoms with E-state index in [9.17, 15) is 14.3 Å². The summed E-state index contributed by atoms with van der Waals surface area (Å²) in [7, 11) is 0. The summed E-state index contributed by atoms with van der Waals surface area (Å²) in [5, 5.41) is 12.3. The Hall–Kier alpha value is -1.42. The number of aliphatic hydroxyl groups is 1. The fourth-order valence-electron chi connectivity index (χ4n) is 2.74. The molecule has 104 valence electrons. The minimum absolute atomic E-state index is 0.0238. The highest BCUT2D eigenvalue weighted by Crippen LogP contribution is 2.24. The Morgan fingerprint density at radius 3 is 2.84 bits per heavy atom. The minimum Gasteiger partial charge on any atom is -0.396 e. The minimum atomic E-state index is -0.333. The third-order valence-electron chi connectivity index (χ3n) is 3.89. The normalized spacial score (nSPS) is 23.1. The third-order valence-corrected chi connectivity index (χ3v) is 3.89. The number of hydrogen-bond acceptors (Lipinski definition) is 2. The maximum absolute atomic E-state index is 13.0. The summed E-state index contributed by atoms with van der Waals surface area (Å²) in [5.41, 5.74) is 1.14. The van der Waals surface area contributed by atoms with Gasteiger partial charge in [-0.3, -0.25) is 4.79 Å². The maximum Gasteiger partial charge on any atom is 0.251 e. The predicted molar refractivity (Wildman–Crippen MR) is 71.4 cm³/mol. The van der Waals surface area contributed by atoms with Crippen LogP contribution in [0.3, 0.4) is 0 Å². The molecule has 1 aromatic carbocycles. The van der Waals surface area contributed by atoms with E-state index in [-0.39, 0.29) is 30.3 Å². The zero-order valence-corrected chi connectivity index (χ0v) is 11.2. The van der Waals surface area contributed by atoms with Gasteiger partial charge in [0.15, 0.2) is 0 Å². The Kier molecular flexibility index (Phi) is 4.53. The number of nitrogens with one attached hydrogen (secondary N) is 1. The smallest absolute Gasteiger partial charge is 0.251 e. The Morgan fingerprint density at radius 2 is 2.16 bits per heavy atom. The average molecular weight is 265 g/mol. The molecule has 1 fully saturated rings. The Labute approximate surface area is 112 Å². The topological polar surface area (TPSA) is 49.3 Å². The Balaban J connectivity index is 2.07. The van der Waals surface area contributed by atoms with Crippen LogP contribution in [0, 0.1) is 18.7 Å². The van der Waals surface area contributed by atoms with Crippen molar-refractivity contribution in [2.75, 3.05) is 6.61 Å². The quantitative estimate of drug-likeness (QED) is 0.881. The van der Waals surface area contributed by atoms with E-state index in [4.69, 9.17) is 0 Å². The number of aryl methyl sites for hydroxylation is 1. The summed E-state index contributed by atoms with van der Waals surface area (Å²) in [4.78, 5) is 12.2. The van der Waals surface area contributed by atoms with Crippen molar-refractivity contribution in [1.82, 2.24) is 5.32 Å². The highest BCUT2D eigenvalue weighted by molar-refractivity contribution is 5.95. The molecule has 2 rings (SSSR count). The average Bonchev–Trinajstić information content (AvgIpc) is 2.39. The van der Waals surface area contributed by atoms with Crippen LogP contribution in [0.4, 0.5) is 4.39 Å². The van der Waals surface area contributed by atoms with Gasteiger partial charge in [-0.05, 0) is 43.5 Å². The number of carbonyl (C=O) groups excluding carboxylic acids is 1. The maximum atomic E-state index is 13.0. The first-order chi connectivity index (χ1) is 9.11. The van der Waals surface area contributed by atoms with E-state index in [2.05, 4.69) is 5.32 Å². The second-order valence-corrected chi connectivity index (χ2v) is 5.27. The van der Waals surface area contributed by atoms with Crippen LogP contribution in [0.1, 0.15) is 41.6 Å². The first kappa shape index (κ1) is 14.0. The summed E-state index contributed by atoms with van der Waals surface area (Å²) < 4.78 is 13.0. The van der Waals surface area contributed by atoms with Gasteiger partial charge in [-0.2, -0.15) is 0 Å². The SMILES string of the molecule is Cc1cc(F)ccc1C(=O)NC1CCCCC1CO. The first-order valence-corrected chi connectivity index (χ1v) is 6.79. The first-order valence-electron chi connectivity index (χ1n) is 6.79. The standard InChI is InChI=1S/C15H20FNO2/c1-10-8-12(16)6-7-13(10)15(19)17-14-5-3-2-4-11(14)9-18/h6-8,11,14,18H,2-5,9H2,1H3,(H,17,19). The second-order valence-electron chi connectivity index (χ2n) is 5.27. The highest BCUT2D eigenvalue weighted by Gasteiger charge is 2.26. The third kappa shape index (κ3) is 3.32. The molecule has 0 spiro atoms. The van der Waals surface area contributed by atoms with Crippen molar-refractivity contribution in [3.8, 4) is 0 Å². The lowest BCUT2D eigenvalue weighted by Crippen LogP contribution is -2.43. The van der Waals surface area contributed by atoms with Crippen LogP contribution in [0.25, 0.3) is 0 Å². The highest BCUT2D eigenvalue weighted by atomic mass is 19.1. The van der Waals surface area contributed by atoms with E-state index in [1.54, 1.807) is 6.92 Å². The van der Waals surface area contributed by atoms with Crippen LogP contribution in [0.5, 0.6) is 0 Å². The van der Waals surface area contributed by atoms with Crippen LogP contribution < -0.4 is 5.32 Å². The zero-order chi connectivity index (χ0) is 13.8. The molecule has 0 saturated heterocycles. The zero-order valence-electron chi connectivity index (χ0n) is 11.2. The van der Waals surface area contributed by atoms with Gasteiger partial charge < -0.3 is 10.4 Å². The van der Waals surface area contributed by atoms with Crippen molar-refractivity contribution in [2.45, 2.75) is 38.6 Å². The van der Waals surface area contributed by atoms with Gasteiger partial charge in [-0.25, -0.2) is 4.39 Å². The molecule has 0 radical (unpaired) electrons. The Bertz CT molecular complexity index is 461. The van der Waals surface area contributed by atoms with Crippen LogP contribution in [0.15, 0.2) is 18.2 Å². The van der Waals surface area contributed by atoms with E-state index in [1.165, 1.54) is 18.2 Å². The number of hydrogen-bond donors (Lipinski definition) is 2. The summed E-state index contributed by atoms with van der Waals surface area (Å²) in [6, 6.07) is 4.19. The number of aliphatic hydroxyl groups excluding tert-OH is 1. The molecule has 2 N–H and O–H groups in total. The molecule has 1 amide bonds. The number of halogens is 1. The van der Waals surface area contributed by atoms with Gasteiger partial charge in [-0.1, -0.05) is 12.8 Å². The van der Waals surface area contributed by atoms with E-state index >= 15 is 0 Å². The summed E-state index contributed by atoms with van der Waals surface area (Å²) >= 11 is 0. The molecule has 0 heterocycles. The molecule has 4 heteroatoms. The van der Waals surface area contributed by atoms with Gasteiger partial charge in [0.2, 0.25) is 0 Å². The van der Waals surface area contributed by atoms with Crippen molar-refractivity contribution in [3.05, 3.63) is 35.1 Å². The van der Waals surface area contributed by atoms with Gasteiger partial charge in [-0.15, -0.1) is 0 Å². The van der Waals surface area contributed by atoms with Gasteiger partial charge in [0.1, 0.15) is 5.82 Å². The van der Waals surface area contributed by atoms with Crippen molar-refractivity contribution in [2.24, 2.45) is 5.92 Å². The lowest BCUT2D eigenvalue weighted by atomic mass is 9.85. The van der Waals surface area contributed by atoms with E-state index in [1.807, 2.05) is 0 Å². The van der Waals surface area contributed by atoms with Crippen LogP contribution in [0.2, 0.25) is 0 Å². The van der Waals surface area contributed by atoms with Gasteiger partial charge in [0.25, 0.3) is 5.91 Å². The fraction of sp³-hybridized carbons (Fsp3) is 0.533. The lowest BCUT2D eigenvalue weighted by Gasteiger charge is -2.31. The molecule has 1 aliphatic carbocycles. The molecule has 0 aromatic heterocycles. The molecule has 1 aliphatic rings. The van der Waals surface area contributed by atoms with E-state index in [0.717, 1.165) is 25.7 Å². The predicted octanol–water partition coefficient (Wildman–Crippen LogP) is 2.42. The number of carbonyl (C=O) groups is 1. The monoisotopic (exact) mass is 265 g/mol. The molecule has 1 aromatic rings. The van der Waals surface area contributed by atoms with Gasteiger partial charge in [0.05, 0.1) is 0 Å². The van der Waals surface area contributed by atoms with E-state index in [0.29, 0.717) is 11.1 Å². The van der Waals surface area contributed by atoms with Crippen LogP contribution >= 0.6 is 0 Å². The van der Waals surface area contributed by atoms with Crippen LogP contribution in [-0.2, 0) is 0 Å². The summed E-state index contributed by atoms with van der Waals surface area (Å²) in [5.74, 6) is -0.374. The lowest BCUT2D eigenvalue weighted by molar-refractivity contribution is 0.0872. The summed E-state index contributed by atoms with van der Waals surface area (Å²) in [6.07, 6.45) is 4.03. The van der Waals surface area contributed by atoms with Gasteiger partial charge in [0, 0.05) is 24.1 Å². The fourth-order valence-corrected chi connectivity index (χ4v) is 2.74. The molecular weight excluding hydrogens is 245 g/mol. The van der Waals surface area contributed by atoms with Crippen LogP contribution in [-0.4, -0.2) is 23.7 Å². The number of amides is 1. The van der Waals surface area contributed by atoms with Crippen molar-refractivity contribution in [3.63, 3.8) is 0 Å². The molecule has 1 saturated carbocycles. The van der Waals surface area contributed by atoms with Crippen molar-refractivity contribution in [1.29, 1.82) is 0 Å². The molecule has 3 nitrogen and oxygen atoms in total. The van der Waals surface area contributed by atoms with Crippen molar-refractivity contribution >= 4 is 5.91 Å². The molecule has 19 heavy (non-hydrogen) atoms. The molecule has 2 unspecified atom stereocenters. The molecule has 2 atom stereocenters. The second kappa shape index (κ2) is 6.15. The van der Waals surface area contributed by atoms with Gasteiger partial charge >= 0.3 is 0 Å².